The number of benzene rings is 1. The Bertz CT molecular complexity index is 811. The molecular weight excluding hydrogens is 303 g/mol. The van der Waals surface area contributed by atoms with Crippen LogP contribution >= 0.6 is 11.3 Å². The molecule has 1 amide bonds. The van der Waals surface area contributed by atoms with Gasteiger partial charge in [-0.25, -0.2) is 9.37 Å². The van der Waals surface area contributed by atoms with E-state index in [1.165, 1.54) is 23.5 Å². The monoisotopic (exact) mass is 316 g/mol. The van der Waals surface area contributed by atoms with Crippen LogP contribution in [0.2, 0.25) is 0 Å². The lowest BCUT2D eigenvalue weighted by Crippen LogP contribution is -2.12. The highest BCUT2D eigenvalue weighted by molar-refractivity contribution is 7.15. The van der Waals surface area contributed by atoms with E-state index in [4.69, 9.17) is 0 Å². The van der Waals surface area contributed by atoms with Crippen molar-refractivity contribution in [3.63, 3.8) is 0 Å². The predicted octanol–water partition coefficient (Wildman–Crippen LogP) is 2.86. The SMILES string of the molecule is Cn1ccc(C(=O)Nc2ncc(Cc3cccc(F)c3)s2)n1. The average molecular weight is 316 g/mol. The van der Waals surface area contributed by atoms with Gasteiger partial charge in [-0.2, -0.15) is 5.10 Å². The lowest BCUT2D eigenvalue weighted by atomic mass is 10.1. The third-order valence-corrected chi connectivity index (χ3v) is 3.90. The van der Waals surface area contributed by atoms with E-state index in [9.17, 15) is 9.18 Å². The summed E-state index contributed by atoms with van der Waals surface area (Å²) in [6, 6.07) is 8.07. The normalized spacial score (nSPS) is 10.6. The van der Waals surface area contributed by atoms with Crippen molar-refractivity contribution < 1.29 is 9.18 Å². The molecule has 1 aromatic carbocycles. The molecule has 2 heterocycles. The Kier molecular flexibility index (Phi) is 3.97. The van der Waals surface area contributed by atoms with Crippen molar-refractivity contribution >= 4 is 22.4 Å². The minimum atomic E-state index is -0.299. The van der Waals surface area contributed by atoms with Gasteiger partial charge >= 0.3 is 0 Å². The fraction of sp³-hybridized carbons (Fsp3) is 0.133. The largest absolute Gasteiger partial charge is 0.296 e. The molecule has 112 valence electrons. The van der Waals surface area contributed by atoms with Crippen molar-refractivity contribution in [3.8, 4) is 0 Å². The number of rotatable bonds is 4. The Hall–Kier alpha value is -2.54. The topological polar surface area (TPSA) is 59.8 Å². The molecule has 2 aromatic heterocycles. The molecule has 0 atom stereocenters. The number of hydrogen-bond donors (Lipinski definition) is 1. The van der Waals surface area contributed by atoms with Gasteiger partial charge in [0.2, 0.25) is 0 Å². The summed E-state index contributed by atoms with van der Waals surface area (Å²) in [4.78, 5) is 17.1. The van der Waals surface area contributed by atoms with Gasteiger partial charge < -0.3 is 0 Å². The molecule has 22 heavy (non-hydrogen) atoms. The molecule has 0 saturated heterocycles. The maximum absolute atomic E-state index is 13.2. The number of anilines is 1. The molecule has 1 N–H and O–H groups in total. The van der Waals surface area contributed by atoms with Gasteiger partial charge in [-0.3, -0.25) is 14.8 Å². The third kappa shape index (κ3) is 3.37. The molecule has 5 nitrogen and oxygen atoms in total. The lowest BCUT2D eigenvalue weighted by molar-refractivity contribution is 0.102. The maximum atomic E-state index is 13.2. The van der Waals surface area contributed by atoms with Crippen molar-refractivity contribution in [2.24, 2.45) is 7.05 Å². The van der Waals surface area contributed by atoms with Crippen LogP contribution in [0.3, 0.4) is 0 Å². The van der Waals surface area contributed by atoms with Gasteiger partial charge in [-0.15, -0.1) is 11.3 Å². The van der Waals surface area contributed by atoms with Crippen molar-refractivity contribution in [1.82, 2.24) is 14.8 Å². The standard InChI is InChI=1S/C15H13FN4OS/c1-20-6-5-13(19-20)14(21)18-15-17-9-12(22-15)8-10-3-2-4-11(16)7-10/h2-7,9H,8H2,1H3,(H,17,18,21). The second-order valence-corrected chi connectivity index (χ2v) is 5.88. The highest BCUT2D eigenvalue weighted by Crippen LogP contribution is 2.21. The summed E-state index contributed by atoms with van der Waals surface area (Å²) in [5.74, 6) is -0.557. The zero-order valence-electron chi connectivity index (χ0n) is 11.8. The molecule has 0 saturated carbocycles. The van der Waals surface area contributed by atoms with Gasteiger partial charge in [0, 0.05) is 30.7 Å². The van der Waals surface area contributed by atoms with Crippen molar-refractivity contribution in [1.29, 1.82) is 0 Å². The molecule has 3 aromatic rings. The van der Waals surface area contributed by atoms with Crippen LogP contribution in [0.25, 0.3) is 0 Å². The molecule has 0 aliphatic rings. The van der Waals surface area contributed by atoms with Gasteiger partial charge in [0.15, 0.2) is 10.8 Å². The Balaban J connectivity index is 1.67. The average Bonchev–Trinajstić information content (AvgIpc) is 3.08. The fourth-order valence-electron chi connectivity index (χ4n) is 1.99. The summed E-state index contributed by atoms with van der Waals surface area (Å²) >= 11 is 1.36. The van der Waals surface area contributed by atoms with E-state index in [2.05, 4.69) is 15.4 Å². The fourth-order valence-corrected chi connectivity index (χ4v) is 2.83. The number of nitrogens with one attached hydrogen (secondary N) is 1. The number of amides is 1. The molecule has 3 rings (SSSR count). The van der Waals surface area contributed by atoms with Crippen molar-refractivity contribution in [3.05, 3.63) is 64.7 Å². The van der Waals surface area contributed by atoms with Crippen LogP contribution in [-0.2, 0) is 13.5 Å². The van der Waals surface area contributed by atoms with Crippen molar-refractivity contribution in [2.75, 3.05) is 5.32 Å². The van der Waals surface area contributed by atoms with Crippen LogP contribution < -0.4 is 5.32 Å². The van der Waals surface area contributed by atoms with E-state index < -0.39 is 0 Å². The molecule has 0 fully saturated rings. The summed E-state index contributed by atoms with van der Waals surface area (Å²) in [5, 5.41) is 7.24. The smallest absolute Gasteiger partial charge is 0.277 e. The van der Waals surface area contributed by atoms with Gasteiger partial charge in [0.05, 0.1) is 0 Å². The number of aryl methyl sites for hydroxylation is 1. The Labute approximate surface area is 130 Å². The van der Waals surface area contributed by atoms with E-state index in [0.29, 0.717) is 17.2 Å². The summed E-state index contributed by atoms with van der Waals surface area (Å²) < 4.78 is 14.7. The minimum absolute atomic E-state index is 0.259. The highest BCUT2D eigenvalue weighted by atomic mass is 32.1. The Morgan fingerprint density at radius 1 is 1.41 bits per heavy atom. The van der Waals surface area contributed by atoms with E-state index in [0.717, 1.165) is 10.4 Å². The third-order valence-electron chi connectivity index (χ3n) is 2.99. The summed E-state index contributed by atoms with van der Waals surface area (Å²) in [6.45, 7) is 0. The van der Waals surface area contributed by atoms with E-state index in [1.807, 2.05) is 6.07 Å². The number of aromatic nitrogens is 3. The molecular formula is C15H13FN4OS. The molecule has 0 bridgehead atoms. The predicted molar refractivity (Wildman–Crippen MR) is 82.5 cm³/mol. The van der Waals surface area contributed by atoms with E-state index in [1.54, 1.807) is 36.3 Å². The zero-order chi connectivity index (χ0) is 15.5. The Morgan fingerprint density at radius 3 is 3.00 bits per heavy atom. The van der Waals surface area contributed by atoms with E-state index in [-0.39, 0.29) is 11.7 Å². The molecule has 0 unspecified atom stereocenters. The molecule has 0 aliphatic carbocycles. The number of hydrogen-bond acceptors (Lipinski definition) is 4. The number of nitrogens with zero attached hydrogens (tertiary/aromatic N) is 3. The van der Waals surface area contributed by atoms with Crippen LogP contribution in [0.4, 0.5) is 9.52 Å². The molecule has 0 radical (unpaired) electrons. The van der Waals surface area contributed by atoms with Crippen LogP contribution in [-0.4, -0.2) is 20.7 Å². The maximum Gasteiger partial charge on any atom is 0.277 e. The molecule has 7 heteroatoms. The summed E-state index contributed by atoms with van der Waals surface area (Å²) in [7, 11) is 1.75. The second-order valence-electron chi connectivity index (χ2n) is 4.77. The minimum Gasteiger partial charge on any atom is -0.296 e. The molecule has 0 aliphatic heterocycles. The number of thiazole rings is 1. The quantitative estimate of drug-likeness (QED) is 0.805. The first-order valence-corrected chi connectivity index (χ1v) is 7.42. The highest BCUT2D eigenvalue weighted by Gasteiger charge is 2.11. The zero-order valence-corrected chi connectivity index (χ0v) is 12.6. The van der Waals surface area contributed by atoms with Crippen LogP contribution in [0, 0.1) is 5.82 Å². The number of halogens is 1. The first kappa shape index (κ1) is 14.4. The number of carbonyl (C=O) groups excluding carboxylic acids is 1. The van der Waals surface area contributed by atoms with Crippen LogP contribution in [0.5, 0.6) is 0 Å². The summed E-state index contributed by atoms with van der Waals surface area (Å²) in [6.07, 6.45) is 3.96. The number of carbonyl (C=O) groups is 1. The molecule has 0 spiro atoms. The van der Waals surface area contributed by atoms with E-state index >= 15 is 0 Å². The lowest BCUT2D eigenvalue weighted by Gasteiger charge is -1.98. The van der Waals surface area contributed by atoms with Gasteiger partial charge in [0.1, 0.15) is 5.82 Å². The summed E-state index contributed by atoms with van der Waals surface area (Å²) in [5.41, 5.74) is 1.20. The van der Waals surface area contributed by atoms with Gasteiger partial charge in [-0.05, 0) is 23.8 Å². The van der Waals surface area contributed by atoms with Crippen LogP contribution in [0.1, 0.15) is 20.9 Å². The van der Waals surface area contributed by atoms with Gasteiger partial charge in [-0.1, -0.05) is 12.1 Å². The van der Waals surface area contributed by atoms with Crippen molar-refractivity contribution in [2.45, 2.75) is 6.42 Å². The second kappa shape index (κ2) is 6.07. The van der Waals surface area contributed by atoms with Crippen LogP contribution in [0.15, 0.2) is 42.7 Å². The first-order chi connectivity index (χ1) is 10.6. The Morgan fingerprint density at radius 2 is 2.27 bits per heavy atom. The first-order valence-electron chi connectivity index (χ1n) is 6.60. The van der Waals surface area contributed by atoms with Gasteiger partial charge in [0.25, 0.3) is 5.91 Å².